The van der Waals surface area contributed by atoms with E-state index < -0.39 is 0 Å². The number of allylic oxidation sites excluding steroid dienone is 1. The van der Waals surface area contributed by atoms with Crippen LogP contribution in [0, 0.1) is 0 Å². The highest BCUT2D eigenvalue weighted by Crippen LogP contribution is 2.23. The number of hydrogen-bond acceptors (Lipinski definition) is 3. The zero-order chi connectivity index (χ0) is 12.0. The van der Waals surface area contributed by atoms with E-state index in [1.54, 1.807) is 17.9 Å². The first kappa shape index (κ1) is 12.7. The number of rotatable bonds is 4. The number of ether oxygens (including phenoxy) is 1. The molecule has 1 aliphatic carbocycles. The summed E-state index contributed by atoms with van der Waals surface area (Å²) in [6.45, 7) is 1.85. The fourth-order valence-electron chi connectivity index (χ4n) is 2.04. The maximum absolute atomic E-state index is 11.8. The van der Waals surface area contributed by atoms with Crippen LogP contribution in [0.3, 0.4) is 0 Å². The van der Waals surface area contributed by atoms with Crippen LogP contribution in [0.2, 0.25) is 0 Å². The van der Waals surface area contributed by atoms with Gasteiger partial charge < -0.3 is 9.64 Å². The van der Waals surface area contributed by atoms with Gasteiger partial charge in [0.2, 0.25) is 5.91 Å². The SMILES string of the molecule is C/C=C/C(=O)N(CC(=O)OC)C1CCCC1. The summed E-state index contributed by atoms with van der Waals surface area (Å²) >= 11 is 0. The topological polar surface area (TPSA) is 46.6 Å². The molecule has 1 saturated carbocycles. The fraction of sp³-hybridized carbons (Fsp3) is 0.667. The van der Waals surface area contributed by atoms with Crippen molar-refractivity contribution in [2.45, 2.75) is 38.6 Å². The Kier molecular flexibility index (Phi) is 5.02. The molecule has 0 unspecified atom stereocenters. The molecular formula is C12H19NO3. The lowest BCUT2D eigenvalue weighted by atomic mass is 10.2. The molecule has 1 fully saturated rings. The number of amides is 1. The van der Waals surface area contributed by atoms with Crippen molar-refractivity contribution in [1.82, 2.24) is 4.90 Å². The van der Waals surface area contributed by atoms with Gasteiger partial charge in [-0.3, -0.25) is 9.59 Å². The third-order valence-electron chi connectivity index (χ3n) is 2.88. The number of nitrogens with zero attached hydrogens (tertiary/aromatic N) is 1. The molecular weight excluding hydrogens is 206 g/mol. The van der Waals surface area contributed by atoms with Crippen LogP contribution < -0.4 is 0 Å². The van der Waals surface area contributed by atoms with E-state index >= 15 is 0 Å². The Morgan fingerprint density at radius 3 is 2.50 bits per heavy atom. The first-order valence-corrected chi connectivity index (χ1v) is 5.69. The molecule has 0 saturated heterocycles. The summed E-state index contributed by atoms with van der Waals surface area (Å²) in [6, 6.07) is 0.197. The van der Waals surface area contributed by atoms with Crippen LogP contribution in [-0.2, 0) is 14.3 Å². The van der Waals surface area contributed by atoms with Crippen molar-refractivity contribution in [2.75, 3.05) is 13.7 Å². The minimum atomic E-state index is -0.357. The molecule has 0 aromatic heterocycles. The van der Waals surface area contributed by atoms with E-state index in [4.69, 9.17) is 0 Å². The van der Waals surface area contributed by atoms with Crippen LogP contribution >= 0.6 is 0 Å². The third kappa shape index (κ3) is 3.36. The van der Waals surface area contributed by atoms with Gasteiger partial charge in [-0.1, -0.05) is 18.9 Å². The molecule has 0 N–H and O–H groups in total. The maximum Gasteiger partial charge on any atom is 0.325 e. The molecule has 4 nitrogen and oxygen atoms in total. The minimum absolute atomic E-state index is 0.0599. The smallest absolute Gasteiger partial charge is 0.325 e. The second kappa shape index (κ2) is 6.30. The Bertz CT molecular complexity index is 280. The summed E-state index contributed by atoms with van der Waals surface area (Å²) in [5, 5.41) is 0. The van der Waals surface area contributed by atoms with Crippen molar-refractivity contribution < 1.29 is 14.3 Å². The van der Waals surface area contributed by atoms with E-state index in [0.29, 0.717) is 0 Å². The van der Waals surface area contributed by atoms with Crippen LogP contribution in [0.25, 0.3) is 0 Å². The predicted molar refractivity (Wildman–Crippen MR) is 60.8 cm³/mol. The Hall–Kier alpha value is -1.32. The lowest BCUT2D eigenvalue weighted by Gasteiger charge is -2.26. The number of methoxy groups -OCH3 is 1. The first-order chi connectivity index (χ1) is 7.69. The number of hydrogen-bond donors (Lipinski definition) is 0. The standard InChI is InChI=1S/C12H19NO3/c1-3-6-11(14)13(9-12(15)16-2)10-7-4-5-8-10/h3,6,10H,4-5,7-9H2,1-2H3/b6-3+. The van der Waals surface area contributed by atoms with Crippen LogP contribution in [0.4, 0.5) is 0 Å². The predicted octanol–water partition coefficient (Wildman–Crippen LogP) is 1.51. The molecule has 1 amide bonds. The normalized spacial score (nSPS) is 16.6. The monoisotopic (exact) mass is 225 g/mol. The third-order valence-corrected chi connectivity index (χ3v) is 2.88. The van der Waals surface area contributed by atoms with E-state index in [9.17, 15) is 9.59 Å². The van der Waals surface area contributed by atoms with Gasteiger partial charge in [0, 0.05) is 6.04 Å². The van der Waals surface area contributed by atoms with Gasteiger partial charge >= 0.3 is 5.97 Å². The highest BCUT2D eigenvalue weighted by atomic mass is 16.5. The molecule has 0 bridgehead atoms. The summed E-state index contributed by atoms with van der Waals surface area (Å²) in [5.41, 5.74) is 0. The van der Waals surface area contributed by atoms with E-state index in [2.05, 4.69) is 4.74 Å². The average molecular weight is 225 g/mol. The molecule has 1 aliphatic rings. The number of carbonyl (C=O) groups is 2. The fourth-order valence-corrected chi connectivity index (χ4v) is 2.04. The number of carbonyl (C=O) groups excluding carboxylic acids is 2. The molecule has 4 heteroatoms. The second-order valence-electron chi connectivity index (χ2n) is 3.98. The lowest BCUT2D eigenvalue weighted by Crippen LogP contribution is -2.41. The highest BCUT2D eigenvalue weighted by molar-refractivity contribution is 5.90. The maximum atomic E-state index is 11.8. The summed E-state index contributed by atoms with van der Waals surface area (Å²) in [5.74, 6) is -0.454. The van der Waals surface area contributed by atoms with Gasteiger partial charge in [-0.2, -0.15) is 0 Å². The quantitative estimate of drug-likeness (QED) is 0.538. The first-order valence-electron chi connectivity index (χ1n) is 5.69. The van der Waals surface area contributed by atoms with Crippen molar-refractivity contribution in [3.8, 4) is 0 Å². The molecule has 0 aliphatic heterocycles. The van der Waals surface area contributed by atoms with Gasteiger partial charge in [0.25, 0.3) is 0 Å². The molecule has 0 spiro atoms. The Labute approximate surface area is 96.3 Å². The lowest BCUT2D eigenvalue weighted by molar-refractivity contribution is -0.146. The molecule has 90 valence electrons. The Morgan fingerprint density at radius 1 is 1.38 bits per heavy atom. The van der Waals surface area contributed by atoms with Gasteiger partial charge in [0.15, 0.2) is 0 Å². The molecule has 0 atom stereocenters. The molecule has 0 aromatic rings. The van der Waals surface area contributed by atoms with E-state index in [-0.39, 0.29) is 24.5 Å². The second-order valence-corrected chi connectivity index (χ2v) is 3.98. The average Bonchev–Trinajstić information content (AvgIpc) is 2.78. The zero-order valence-electron chi connectivity index (χ0n) is 9.94. The van der Waals surface area contributed by atoms with Gasteiger partial charge in [0.1, 0.15) is 6.54 Å². The van der Waals surface area contributed by atoms with Crippen molar-refractivity contribution in [3.63, 3.8) is 0 Å². The zero-order valence-corrected chi connectivity index (χ0v) is 9.94. The van der Waals surface area contributed by atoms with E-state index in [1.807, 2.05) is 0 Å². The van der Waals surface area contributed by atoms with E-state index in [0.717, 1.165) is 25.7 Å². The van der Waals surface area contributed by atoms with Crippen LogP contribution in [-0.4, -0.2) is 36.5 Å². The van der Waals surface area contributed by atoms with Gasteiger partial charge in [0.05, 0.1) is 7.11 Å². The summed E-state index contributed by atoms with van der Waals surface area (Å²) in [7, 11) is 1.34. The molecule has 0 heterocycles. The van der Waals surface area contributed by atoms with Crippen LogP contribution in [0.1, 0.15) is 32.6 Å². The Balaban J connectivity index is 2.67. The van der Waals surface area contributed by atoms with Crippen molar-refractivity contribution in [2.24, 2.45) is 0 Å². The van der Waals surface area contributed by atoms with Crippen molar-refractivity contribution in [3.05, 3.63) is 12.2 Å². The number of esters is 1. The largest absolute Gasteiger partial charge is 0.468 e. The summed E-state index contributed by atoms with van der Waals surface area (Å²) < 4.78 is 4.61. The van der Waals surface area contributed by atoms with Gasteiger partial charge in [-0.15, -0.1) is 0 Å². The van der Waals surface area contributed by atoms with E-state index in [1.165, 1.54) is 13.2 Å². The summed E-state index contributed by atoms with van der Waals surface area (Å²) in [4.78, 5) is 24.7. The molecule has 1 rings (SSSR count). The molecule has 16 heavy (non-hydrogen) atoms. The Morgan fingerprint density at radius 2 is 2.00 bits per heavy atom. The summed E-state index contributed by atoms with van der Waals surface area (Å²) in [6.07, 6.45) is 7.43. The van der Waals surface area contributed by atoms with Gasteiger partial charge in [-0.05, 0) is 25.8 Å². The van der Waals surface area contributed by atoms with Crippen LogP contribution in [0.15, 0.2) is 12.2 Å². The van der Waals surface area contributed by atoms with Crippen LogP contribution in [0.5, 0.6) is 0 Å². The van der Waals surface area contributed by atoms with Gasteiger partial charge in [-0.25, -0.2) is 0 Å². The van der Waals surface area contributed by atoms with Crippen molar-refractivity contribution >= 4 is 11.9 Å². The van der Waals surface area contributed by atoms with Crippen molar-refractivity contribution in [1.29, 1.82) is 0 Å². The molecule has 0 aromatic carbocycles. The molecule has 0 radical (unpaired) electrons. The minimum Gasteiger partial charge on any atom is -0.468 e. The highest BCUT2D eigenvalue weighted by Gasteiger charge is 2.27.